The standard InChI is InChI=1S/C12H21N3S2/c1-3-6-11-13-14-12(17-11)15-8-5-4-7-10(9-15)16-2/h10H,3-9H2,1-2H3. The van der Waals surface area contributed by atoms with Crippen molar-refractivity contribution in [2.75, 3.05) is 24.2 Å². The molecular formula is C12H21N3S2. The Labute approximate surface area is 112 Å². The van der Waals surface area contributed by atoms with Crippen molar-refractivity contribution < 1.29 is 0 Å². The first-order valence-electron chi connectivity index (χ1n) is 6.43. The summed E-state index contributed by atoms with van der Waals surface area (Å²) >= 11 is 3.77. The third-order valence-corrected chi connectivity index (χ3v) is 5.25. The van der Waals surface area contributed by atoms with E-state index >= 15 is 0 Å². The van der Waals surface area contributed by atoms with Gasteiger partial charge in [-0.2, -0.15) is 11.8 Å². The van der Waals surface area contributed by atoms with E-state index < -0.39 is 0 Å². The lowest BCUT2D eigenvalue weighted by atomic mass is 10.2. The molecule has 1 fully saturated rings. The van der Waals surface area contributed by atoms with E-state index in [-0.39, 0.29) is 0 Å². The Kier molecular flexibility index (Phi) is 5.10. The molecule has 1 unspecified atom stereocenters. The Bertz CT molecular complexity index is 340. The van der Waals surface area contributed by atoms with E-state index in [0.29, 0.717) is 0 Å². The van der Waals surface area contributed by atoms with Crippen molar-refractivity contribution in [2.45, 2.75) is 44.3 Å². The van der Waals surface area contributed by atoms with Crippen molar-refractivity contribution in [3.8, 4) is 0 Å². The van der Waals surface area contributed by atoms with Gasteiger partial charge in [-0.15, -0.1) is 10.2 Å². The van der Waals surface area contributed by atoms with Gasteiger partial charge >= 0.3 is 0 Å². The van der Waals surface area contributed by atoms with Gasteiger partial charge in [-0.25, -0.2) is 0 Å². The first-order chi connectivity index (χ1) is 8.33. The number of hydrogen-bond donors (Lipinski definition) is 0. The second-order valence-corrected chi connectivity index (χ2v) is 6.71. The Hall–Kier alpha value is -0.290. The van der Waals surface area contributed by atoms with Crippen LogP contribution >= 0.6 is 23.1 Å². The molecule has 0 N–H and O–H groups in total. The van der Waals surface area contributed by atoms with Gasteiger partial charge in [0.05, 0.1) is 0 Å². The summed E-state index contributed by atoms with van der Waals surface area (Å²) in [7, 11) is 0. The quantitative estimate of drug-likeness (QED) is 0.841. The zero-order valence-corrected chi connectivity index (χ0v) is 12.3. The molecule has 0 aliphatic carbocycles. The van der Waals surface area contributed by atoms with E-state index in [2.05, 4.69) is 28.3 Å². The van der Waals surface area contributed by atoms with Crippen molar-refractivity contribution in [2.24, 2.45) is 0 Å². The monoisotopic (exact) mass is 271 g/mol. The minimum absolute atomic E-state index is 0.760. The van der Waals surface area contributed by atoms with E-state index in [1.807, 2.05) is 11.8 Å². The van der Waals surface area contributed by atoms with Crippen LogP contribution in [-0.2, 0) is 6.42 Å². The summed E-state index contributed by atoms with van der Waals surface area (Å²) < 4.78 is 0. The predicted octanol–water partition coefficient (Wildman–Crippen LogP) is 3.21. The number of hydrogen-bond acceptors (Lipinski definition) is 5. The second-order valence-electron chi connectivity index (χ2n) is 4.53. The van der Waals surface area contributed by atoms with Crippen molar-refractivity contribution in [1.82, 2.24) is 10.2 Å². The highest BCUT2D eigenvalue weighted by atomic mass is 32.2. The smallest absolute Gasteiger partial charge is 0.208 e. The molecule has 17 heavy (non-hydrogen) atoms. The molecule has 1 aliphatic rings. The normalized spacial score (nSPS) is 21.5. The molecule has 1 saturated heterocycles. The molecule has 0 amide bonds. The first kappa shape index (κ1) is 13.1. The summed E-state index contributed by atoms with van der Waals surface area (Å²) in [4.78, 5) is 2.44. The van der Waals surface area contributed by atoms with E-state index in [4.69, 9.17) is 0 Å². The number of thioether (sulfide) groups is 1. The molecule has 0 bridgehead atoms. The highest BCUT2D eigenvalue weighted by Crippen LogP contribution is 2.27. The number of anilines is 1. The SMILES string of the molecule is CCCc1nnc(N2CCCCC(SC)C2)s1. The fourth-order valence-corrected chi connectivity index (χ4v) is 3.86. The molecular weight excluding hydrogens is 250 g/mol. The Balaban J connectivity index is 2.02. The number of nitrogens with zero attached hydrogens (tertiary/aromatic N) is 3. The van der Waals surface area contributed by atoms with Crippen LogP contribution in [0.4, 0.5) is 5.13 Å². The number of rotatable bonds is 4. The highest BCUT2D eigenvalue weighted by molar-refractivity contribution is 7.99. The molecule has 1 aromatic rings. The van der Waals surface area contributed by atoms with Crippen molar-refractivity contribution in [3.05, 3.63) is 5.01 Å². The fraction of sp³-hybridized carbons (Fsp3) is 0.833. The second kappa shape index (κ2) is 6.59. The van der Waals surface area contributed by atoms with Gasteiger partial charge in [-0.3, -0.25) is 0 Å². The van der Waals surface area contributed by atoms with E-state index in [0.717, 1.165) is 36.3 Å². The molecule has 1 aromatic heterocycles. The summed E-state index contributed by atoms with van der Waals surface area (Å²) in [5.41, 5.74) is 0. The van der Waals surface area contributed by atoms with Crippen LogP contribution < -0.4 is 4.90 Å². The van der Waals surface area contributed by atoms with Crippen LogP contribution in [-0.4, -0.2) is 34.8 Å². The molecule has 0 spiro atoms. The summed E-state index contributed by atoms with van der Waals surface area (Å²) in [5.74, 6) is 0. The van der Waals surface area contributed by atoms with Gasteiger partial charge in [0.15, 0.2) is 0 Å². The summed E-state index contributed by atoms with van der Waals surface area (Å²) in [6.45, 7) is 4.48. The Morgan fingerprint density at radius 3 is 3.06 bits per heavy atom. The number of aromatic nitrogens is 2. The summed E-state index contributed by atoms with van der Waals surface area (Å²) in [5, 5.41) is 11.7. The molecule has 96 valence electrons. The first-order valence-corrected chi connectivity index (χ1v) is 8.54. The van der Waals surface area contributed by atoms with E-state index in [1.165, 1.54) is 24.3 Å². The maximum Gasteiger partial charge on any atom is 0.208 e. The summed E-state index contributed by atoms with van der Waals surface area (Å²) in [6, 6.07) is 0. The average molecular weight is 271 g/mol. The van der Waals surface area contributed by atoms with Gasteiger partial charge in [0.1, 0.15) is 5.01 Å². The van der Waals surface area contributed by atoms with Gasteiger partial charge < -0.3 is 4.90 Å². The minimum Gasteiger partial charge on any atom is -0.346 e. The third kappa shape index (κ3) is 3.58. The van der Waals surface area contributed by atoms with E-state index in [9.17, 15) is 0 Å². The highest BCUT2D eigenvalue weighted by Gasteiger charge is 2.20. The third-order valence-electron chi connectivity index (χ3n) is 3.15. The van der Waals surface area contributed by atoms with Crippen molar-refractivity contribution in [3.63, 3.8) is 0 Å². The molecule has 2 heterocycles. The zero-order chi connectivity index (χ0) is 12.1. The minimum atomic E-state index is 0.760. The summed E-state index contributed by atoms with van der Waals surface area (Å²) in [6.07, 6.45) is 8.43. The molecule has 0 radical (unpaired) electrons. The van der Waals surface area contributed by atoms with Crippen LogP contribution in [0, 0.1) is 0 Å². The van der Waals surface area contributed by atoms with Crippen LogP contribution in [0.3, 0.4) is 0 Å². The maximum atomic E-state index is 4.35. The topological polar surface area (TPSA) is 29.0 Å². The van der Waals surface area contributed by atoms with Gasteiger partial charge in [-0.1, -0.05) is 24.7 Å². The van der Waals surface area contributed by atoms with Crippen LogP contribution in [0.2, 0.25) is 0 Å². The average Bonchev–Trinajstić information content (AvgIpc) is 2.67. The van der Waals surface area contributed by atoms with Crippen molar-refractivity contribution in [1.29, 1.82) is 0 Å². The molecule has 1 atom stereocenters. The molecule has 2 rings (SSSR count). The molecule has 0 aromatic carbocycles. The van der Waals surface area contributed by atoms with Crippen LogP contribution in [0.25, 0.3) is 0 Å². The lowest BCUT2D eigenvalue weighted by Gasteiger charge is -2.22. The maximum absolute atomic E-state index is 4.35. The fourth-order valence-electron chi connectivity index (χ4n) is 2.16. The molecule has 3 nitrogen and oxygen atoms in total. The van der Waals surface area contributed by atoms with Gasteiger partial charge in [-0.05, 0) is 25.5 Å². The van der Waals surface area contributed by atoms with Gasteiger partial charge in [0.2, 0.25) is 5.13 Å². The largest absolute Gasteiger partial charge is 0.346 e. The molecule has 1 aliphatic heterocycles. The Morgan fingerprint density at radius 2 is 2.29 bits per heavy atom. The lowest BCUT2D eigenvalue weighted by molar-refractivity contribution is 0.736. The van der Waals surface area contributed by atoms with E-state index in [1.54, 1.807) is 11.3 Å². The molecule has 5 heteroatoms. The number of aryl methyl sites for hydroxylation is 1. The Morgan fingerprint density at radius 1 is 1.41 bits per heavy atom. The molecule has 0 saturated carbocycles. The van der Waals surface area contributed by atoms with Crippen molar-refractivity contribution >= 4 is 28.2 Å². The van der Waals surface area contributed by atoms with Crippen LogP contribution in [0.15, 0.2) is 0 Å². The predicted molar refractivity (Wildman–Crippen MR) is 77.3 cm³/mol. The lowest BCUT2D eigenvalue weighted by Crippen LogP contribution is -2.29. The van der Waals surface area contributed by atoms with Crippen LogP contribution in [0.1, 0.15) is 37.6 Å². The van der Waals surface area contributed by atoms with Gasteiger partial charge in [0, 0.05) is 24.8 Å². The van der Waals surface area contributed by atoms with Crippen LogP contribution in [0.5, 0.6) is 0 Å². The van der Waals surface area contributed by atoms with Gasteiger partial charge in [0.25, 0.3) is 0 Å². The zero-order valence-electron chi connectivity index (χ0n) is 10.7.